The molecule has 0 spiro atoms. The molecule has 2 rings (SSSR count). The predicted octanol–water partition coefficient (Wildman–Crippen LogP) is 4.11. The van der Waals surface area contributed by atoms with Crippen LogP contribution in [0, 0.1) is 5.92 Å². The van der Waals surface area contributed by atoms with Crippen LogP contribution in [0.3, 0.4) is 0 Å². The third-order valence-electron chi connectivity index (χ3n) is 5.12. The fourth-order valence-corrected chi connectivity index (χ4v) is 3.38. The summed E-state index contributed by atoms with van der Waals surface area (Å²) in [4.78, 5) is 14.7. The van der Waals surface area contributed by atoms with Gasteiger partial charge in [0.15, 0.2) is 0 Å². The lowest BCUT2D eigenvalue weighted by Gasteiger charge is -2.29. The molecule has 0 aromatic heterocycles. The Balaban J connectivity index is 1.87. The van der Waals surface area contributed by atoms with Crippen LogP contribution in [0.5, 0.6) is 5.75 Å². The second-order valence-electron chi connectivity index (χ2n) is 6.84. The first-order chi connectivity index (χ1) is 12.1. The predicted molar refractivity (Wildman–Crippen MR) is 103 cm³/mol. The van der Waals surface area contributed by atoms with Crippen molar-refractivity contribution in [1.82, 2.24) is 10.2 Å². The number of carbonyl (C=O) groups is 1. The average molecular weight is 348 g/mol. The maximum atomic E-state index is 12.4. The highest BCUT2D eigenvalue weighted by Gasteiger charge is 2.23. The van der Waals surface area contributed by atoms with Crippen LogP contribution >= 0.6 is 0 Å². The number of ether oxygens (including phenoxy) is 1. The first-order valence-corrected chi connectivity index (χ1v) is 9.65. The van der Waals surface area contributed by atoms with Gasteiger partial charge in [0, 0.05) is 12.6 Å². The number of carbonyl (C=O) groups excluding carboxylic acids is 1. The van der Waals surface area contributed by atoms with Crippen LogP contribution in [-0.4, -0.2) is 43.2 Å². The van der Waals surface area contributed by atoms with Gasteiger partial charge >= 0.3 is 6.03 Å². The number of amides is 2. The van der Waals surface area contributed by atoms with Gasteiger partial charge in [0.2, 0.25) is 0 Å². The molecule has 0 saturated heterocycles. The van der Waals surface area contributed by atoms with Crippen molar-refractivity contribution in [1.29, 1.82) is 0 Å². The number of rotatable bonds is 8. The Morgan fingerprint density at radius 1 is 1.20 bits per heavy atom. The van der Waals surface area contributed by atoms with Gasteiger partial charge in [-0.1, -0.05) is 45.7 Å². The van der Waals surface area contributed by atoms with Crippen LogP contribution in [0.1, 0.15) is 46.5 Å². The molecule has 2 N–H and O–H groups in total. The molecule has 2 unspecified atom stereocenters. The van der Waals surface area contributed by atoms with Crippen molar-refractivity contribution in [2.45, 2.75) is 52.5 Å². The van der Waals surface area contributed by atoms with E-state index >= 15 is 0 Å². The first-order valence-electron chi connectivity index (χ1n) is 9.65. The number of nitrogens with zero attached hydrogens (tertiary/aromatic N) is 1. The Morgan fingerprint density at radius 3 is 2.64 bits per heavy atom. The average Bonchev–Trinajstić information content (AvgIpc) is 2.62. The van der Waals surface area contributed by atoms with Crippen LogP contribution in [0.2, 0.25) is 0 Å². The van der Waals surface area contributed by atoms with E-state index in [0.29, 0.717) is 12.5 Å². The molecule has 0 bridgehead atoms. The molecule has 1 saturated carbocycles. The Labute approximate surface area is 152 Å². The monoisotopic (exact) mass is 347 g/mol. The van der Waals surface area contributed by atoms with Gasteiger partial charge in [-0.05, 0) is 44.0 Å². The number of anilines is 1. The summed E-state index contributed by atoms with van der Waals surface area (Å²) in [6, 6.07) is 7.76. The molecule has 25 heavy (non-hydrogen) atoms. The summed E-state index contributed by atoms with van der Waals surface area (Å²) in [5, 5.41) is 6.08. The zero-order chi connectivity index (χ0) is 18.1. The van der Waals surface area contributed by atoms with Gasteiger partial charge in [-0.2, -0.15) is 0 Å². The lowest BCUT2D eigenvalue weighted by molar-refractivity contribution is 0.222. The lowest BCUT2D eigenvalue weighted by Crippen LogP contribution is -2.43. The SMILES string of the molecule is CCN(CC)CCOc1ccccc1NC(=O)NC1CCCCC1C. The molecular formula is C20H33N3O2. The first kappa shape index (κ1) is 19.6. The summed E-state index contributed by atoms with van der Waals surface area (Å²) in [7, 11) is 0. The Bertz CT molecular complexity index is 531. The van der Waals surface area contributed by atoms with Gasteiger partial charge in [-0.15, -0.1) is 0 Å². The zero-order valence-corrected chi connectivity index (χ0v) is 15.9. The van der Waals surface area contributed by atoms with E-state index in [9.17, 15) is 4.79 Å². The molecule has 140 valence electrons. The quantitative estimate of drug-likeness (QED) is 0.744. The molecular weight excluding hydrogens is 314 g/mol. The van der Waals surface area contributed by atoms with Gasteiger partial charge in [0.1, 0.15) is 12.4 Å². The van der Waals surface area contributed by atoms with Crippen LogP contribution in [-0.2, 0) is 0 Å². The number of para-hydroxylation sites is 2. The Kier molecular flexibility index (Phi) is 8.06. The summed E-state index contributed by atoms with van der Waals surface area (Å²) < 4.78 is 5.90. The van der Waals surface area contributed by atoms with Crippen LogP contribution in [0.25, 0.3) is 0 Å². The van der Waals surface area contributed by atoms with Crippen LogP contribution in [0.4, 0.5) is 10.5 Å². The molecule has 1 aliphatic carbocycles. The van der Waals surface area contributed by atoms with Crippen molar-refractivity contribution in [3.05, 3.63) is 24.3 Å². The smallest absolute Gasteiger partial charge is 0.319 e. The highest BCUT2D eigenvalue weighted by Crippen LogP contribution is 2.25. The van der Waals surface area contributed by atoms with E-state index in [1.165, 1.54) is 19.3 Å². The van der Waals surface area contributed by atoms with Crippen molar-refractivity contribution in [2.75, 3.05) is 31.6 Å². The standard InChI is InChI=1S/C20H33N3O2/c1-4-23(5-2)14-15-25-19-13-9-8-12-18(19)22-20(24)21-17-11-7-6-10-16(17)3/h8-9,12-13,16-17H,4-7,10-11,14-15H2,1-3H3,(H2,21,22,24). The van der Waals surface area contributed by atoms with Crippen LogP contribution in [0.15, 0.2) is 24.3 Å². The van der Waals surface area contributed by atoms with E-state index in [1.807, 2.05) is 24.3 Å². The topological polar surface area (TPSA) is 53.6 Å². The Hall–Kier alpha value is -1.75. The second-order valence-corrected chi connectivity index (χ2v) is 6.84. The van der Waals surface area contributed by atoms with E-state index in [4.69, 9.17) is 4.74 Å². The normalized spacial score (nSPS) is 20.3. The molecule has 5 nitrogen and oxygen atoms in total. The summed E-state index contributed by atoms with van der Waals surface area (Å²) >= 11 is 0. The maximum Gasteiger partial charge on any atom is 0.319 e. The van der Waals surface area contributed by atoms with E-state index < -0.39 is 0 Å². The highest BCUT2D eigenvalue weighted by molar-refractivity contribution is 5.91. The lowest BCUT2D eigenvalue weighted by atomic mass is 9.86. The van der Waals surface area contributed by atoms with E-state index in [1.54, 1.807) is 0 Å². The summed E-state index contributed by atoms with van der Waals surface area (Å²) in [5.74, 6) is 1.27. The van der Waals surface area contributed by atoms with Crippen molar-refractivity contribution >= 4 is 11.7 Å². The fourth-order valence-electron chi connectivity index (χ4n) is 3.38. The molecule has 5 heteroatoms. The molecule has 1 aromatic carbocycles. The second kappa shape index (κ2) is 10.3. The zero-order valence-electron chi connectivity index (χ0n) is 15.9. The van der Waals surface area contributed by atoms with E-state index in [2.05, 4.69) is 36.3 Å². The van der Waals surface area contributed by atoms with Crippen molar-refractivity contribution < 1.29 is 9.53 Å². The van der Waals surface area contributed by atoms with E-state index in [0.717, 1.165) is 37.5 Å². The number of nitrogens with one attached hydrogen (secondary N) is 2. The number of hydrogen-bond donors (Lipinski definition) is 2. The highest BCUT2D eigenvalue weighted by atomic mass is 16.5. The summed E-state index contributed by atoms with van der Waals surface area (Å²) in [6.45, 7) is 10.0. The third kappa shape index (κ3) is 6.24. The molecule has 0 aliphatic heterocycles. The summed E-state index contributed by atoms with van der Waals surface area (Å²) in [6.07, 6.45) is 4.72. The minimum absolute atomic E-state index is 0.140. The van der Waals surface area contributed by atoms with Crippen LogP contribution < -0.4 is 15.4 Å². The third-order valence-corrected chi connectivity index (χ3v) is 5.12. The Morgan fingerprint density at radius 2 is 1.92 bits per heavy atom. The molecule has 1 aromatic rings. The largest absolute Gasteiger partial charge is 0.490 e. The molecule has 2 amide bonds. The van der Waals surface area contributed by atoms with Gasteiger partial charge in [0.25, 0.3) is 0 Å². The number of likely N-dealkylation sites (N-methyl/N-ethyl adjacent to an activating group) is 1. The molecule has 1 fully saturated rings. The van der Waals surface area contributed by atoms with Crippen molar-refractivity contribution in [3.63, 3.8) is 0 Å². The van der Waals surface area contributed by atoms with Gasteiger partial charge in [-0.25, -0.2) is 4.79 Å². The molecule has 2 atom stereocenters. The van der Waals surface area contributed by atoms with Gasteiger partial charge in [-0.3, -0.25) is 0 Å². The fraction of sp³-hybridized carbons (Fsp3) is 0.650. The summed E-state index contributed by atoms with van der Waals surface area (Å²) in [5.41, 5.74) is 0.725. The van der Waals surface area contributed by atoms with E-state index in [-0.39, 0.29) is 12.1 Å². The minimum atomic E-state index is -0.140. The minimum Gasteiger partial charge on any atom is -0.490 e. The molecule has 0 heterocycles. The molecule has 0 radical (unpaired) electrons. The number of benzene rings is 1. The molecule has 1 aliphatic rings. The number of urea groups is 1. The van der Waals surface area contributed by atoms with Crippen molar-refractivity contribution in [2.24, 2.45) is 5.92 Å². The maximum absolute atomic E-state index is 12.4. The van der Waals surface area contributed by atoms with Gasteiger partial charge < -0.3 is 20.3 Å². The van der Waals surface area contributed by atoms with Crippen molar-refractivity contribution in [3.8, 4) is 5.75 Å². The number of hydrogen-bond acceptors (Lipinski definition) is 3. The van der Waals surface area contributed by atoms with Gasteiger partial charge in [0.05, 0.1) is 5.69 Å².